The van der Waals surface area contributed by atoms with Crippen LogP contribution in [0.5, 0.6) is 0 Å². The minimum Gasteiger partial charge on any atom is -0.343 e. The normalized spacial score (nSPS) is 19.9. The molecule has 0 spiro atoms. The van der Waals surface area contributed by atoms with Crippen LogP contribution < -0.4 is 16.0 Å². The van der Waals surface area contributed by atoms with Gasteiger partial charge in [0.2, 0.25) is 17.7 Å². The van der Waals surface area contributed by atoms with E-state index in [0.29, 0.717) is 13.0 Å². The van der Waals surface area contributed by atoms with Crippen molar-refractivity contribution in [1.82, 2.24) is 15.5 Å². The lowest BCUT2D eigenvalue weighted by atomic mass is 9.83. The highest BCUT2D eigenvalue weighted by Crippen LogP contribution is 2.41. The van der Waals surface area contributed by atoms with Crippen LogP contribution in [0.4, 0.5) is 5.00 Å². The van der Waals surface area contributed by atoms with Crippen molar-refractivity contribution in [3.8, 4) is 11.1 Å². The number of likely N-dealkylation sites (N-methyl/N-ethyl adjacent to an activating group) is 1. The molecule has 1 saturated carbocycles. The maximum Gasteiger partial charge on any atom is 0.247 e. The monoisotopic (exact) mass is 552 g/mol. The van der Waals surface area contributed by atoms with E-state index in [1.165, 1.54) is 4.88 Å². The molecule has 4 rings (SSSR count). The highest BCUT2D eigenvalue weighted by Gasteiger charge is 2.41. The van der Waals surface area contributed by atoms with Crippen molar-refractivity contribution >= 4 is 34.1 Å². The molecule has 2 aliphatic rings. The van der Waals surface area contributed by atoms with Gasteiger partial charge < -0.3 is 20.9 Å². The van der Waals surface area contributed by atoms with Crippen molar-refractivity contribution in [1.29, 1.82) is 0 Å². The number of hydrogen-bond donors (Lipinski definition) is 3. The summed E-state index contributed by atoms with van der Waals surface area (Å²) in [7, 11) is 1.74. The van der Waals surface area contributed by atoms with Gasteiger partial charge in [-0.25, -0.2) is 0 Å². The third-order valence-corrected chi connectivity index (χ3v) is 9.62. The molecule has 1 saturated heterocycles. The second-order valence-electron chi connectivity index (χ2n) is 12.0. The Bertz CT molecular complexity index is 1150. The van der Waals surface area contributed by atoms with E-state index in [1.54, 1.807) is 30.2 Å². The fraction of sp³-hybridized carbons (Fsp3) is 0.581. The van der Waals surface area contributed by atoms with Crippen molar-refractivity contribution in [3.05, 3.63) is 41.3 Å². The van der Waals surface area contributed by atoms with Gasteiger partial charge in [-0.15, -0.1) is 11.3 Å². The predicted octanol–water partition coefficient (Wildman–Crippen LogP) is 5.32. The van der Waals surface area contributed by atoms with Gasteiger partial charge in [0.15, 0.2) is 0 Å². The summed E-state index contributed by atoms with van der Waals surface area (Å²) in [5.41, 5.74) is 2.00. The maximum atomic E-state index is 14.0. The molecule has 3 N–H and O–H groups in total. The molecule has 0 bridgehead atoms. The first-order valence-electron chi connectivity index (χ1n) is 14.4. The number of thiophene rings is 1. The number of likely N-dealkylation sites (tertiary alicyclic amines) is 1. The Hall–Kier alpha value is -2.71. The highest BCUT2D eigenvalue weighted by molar-refractivity contribution is 7.17. The molecule has 3 amide bonds. The van der Waals surface area contributed by atoms with Crippen LogP contribution in [-0.2, 0) is 19.8 Å². The van der Waals surface area contributed by atoms with Crippen molar-refractivity contribution in [2.45, 2.75) is 96.2 Å². The molecule has 1 aliphatic carbocycles. The van der Waals surface area contributed by atoms with Gasteiger partial charge >= 0.3 is 0 Å². The molecule has 2 heterocycles. The average Bonchev–Trinajstić information content (AvgIpc) is 3.59. The Morgan fingerprint density at radius 1 is 1.00 bits per heavy atom. The molecule has 1 aromatic carbocycles. The van der Waals surface area contributed by atoms with E-state index in [2.05, 4.69) is 54.9 Å². The number of nitrogens with one attached hydrogen (secondary N) is 3. The number of nitrogens with zero attached hydrogens (tertiary/aromatic N) is 1. The van der Waals surface area contributed by atoms with Gasteiger partial charge in [-0.2, -0.15) is 0 Å². The molecular weight excluding hydrogens is 508 g/mol. The Labute approximate surface area is 237 Å². The fourth-order valence-corrected chi connectivity index (χ4v) is 6.76. The Morgan fingerprint density at radius 3 is 2.33 bits per heavy atom. The summed E-state index contributed by atoms with van der Waals surface area (Å²) in [6, 6.07) is 10.7. The van der Waals surface area contributed by atoms with Crippen molar-refractivity contribution in [3.63, 3.8) is 0 Å². The van der Waals surface area contributed by atoms with Crippen molar-refractivity contribution < 1.29 is 14.4 Å². The SMILES string of the molecule is CN[C@@H](C)C(=O)N[C@H](C(=O)N1CCC[C@H]1C(=O)Nc1sc(C(C)(C)C)cc1-c1ccccc1)C1CCCCC1. The third kappa shape index (κ3) is 6.90. The van der Waals surface area contributed by atoms with E-state index in [-0.39, 0.29) is 29.1 Å². The Balaban J connectivity index is 1.57. The summed E-state index contributed by atoms with van der Waals surface area (Å²) < 4.78 is 0. The van der Waals surface area contributed by atoms with Crippen LogP contribution in [0.3, 0.4) is 0 Å². The zero-order chi connectivity index (χ0) is 28.2. The lowest BCUT2D eigenvalue weighted by Gasteiger charge is -2.35. The largest absolute Gasteiger partial charge is 0.343 e. The predicted molar refractivity (Wildman–Crippen MR) is 159 cm³/mol. The average molecular weight is 553 g/mol. The van der Waals surface area contributed by atoms with E-state index in [1.807, 2.05) is 18.2 Å². The van der Waals surface area contributed by atoms with Gasteiger partial charge in [0, 0.05) is 17.0 Å². The zero-order valence-electron chi connectivity index (χ0n) is 24.0. The molecule has 39 heavy (non-hydrogen) atoms. The third-order valence-electron chi connectivity index (χ3n) is 8.14. The number of hydrogen-bond acceptors (Lipinski definition) is 5. The molecule has 8 heteroatoms. The fourth-order valence-electron chi connectivity index (χ4n) is 5.62. The van der Waals surface area contributed by atoms with Gasteiger partial charge in [-0.1, -0.05) is 70.4 Å². The summed E-state index contributed by atoms with van der Waals surface area (Å²) in [5.74, 6) is -0.360. The molecule has 212 valence electrons. The maximum absolute atomic E-state index is 14.0. The van der Waals surface area contributed by atoms with E-state index in [0.717, 1.165) is 54.7 Å². The number of carbonyl (C=O) groups excluding carboxylic acids is 3. The molecule has 0 unspecified atom stereocenters. The molecule has 2 aromatic rings. The van der Waals surface area contributed by atoms with Crippen molar-refractivity contribution in [2.24, 2.45) is 5.92 Å². The molecule has 1 aliphatic heterocycles. The van der Waals surface area contributed by atoms with Gasteiger partial charge in [-0.05, 0) is 62.6 Å². The van der Waals surface area contributed by atoms with Gasteiger partial charge in [0.05, 0.1) is 6.04 Å². The van der Waals surface area contributed by atoms with E-state index < -0.39 is 18.1 Å². The minimum absolute atomic E-state index is 0.0531. The number of carbonyl (C=O) groups is 3. The van der Waals surface area contributed by atoms with Crippen LogP contribution in [0, 0.1) is 5.92 Å². The van der Waals surface area contributed by atoms with Gasteiger partial charge in [0.1, 0.15) is 17.1 Å². The quantitative estimate of drug-likeness (QED) is 0.414. The van der Waals surface area contributed by atoms with Crippen molar-refractivity contribution in [2.75, 3.05) is 18.9 Å². The molecule has 1 aromatic heterocycles. The molecule has 7 nitrogen and oxygen atoms in total. The summed E-state index contributed by atoms with van der Waals surface area (Å²) in [5, 5.41) is 10.0. The number of anilines is 1. The minimum atomic E-state index is -0.601. The topological polar surface area (TPSA) is 90.5 Å². The summed E-state index contributed by atoms with van der Waals surface area (Å²) >= 11 is 1.60. The Morgan fingerprint density at radius 2 is 1.69 bits per heavy atom. The summed E-state index contributed by atoms with van der Waals surface area (Å²) in [6.45, 7) is 8.84. The van der Waals surface area contributed by atoms with Crippen LogP contribution in [0.25, 0.3) is 11.1 Å². The van der Waals surface area contributed by atoms with Gasteiger partial charge in [0.25, 0.3) is 0 Å². The second kappa shape index (κ2) is 12.6. The van der Waals surface area contributed by atoms with Crippen LogP contribution in [0.1, 0.15) is 77.5 Å². The standard InChI is InChI=1S/C31H44N4O3S/c1-20(32-5)27(36)33-26(22-15-10-7-11-16-22)30(38)35-18-12-17-24(35)28(37)34-29-23(21-13-8-6-9-14-21)19-25(39-29)31(2,3)4/h6,8-9,13-14,19-20,22,24,26,32H,7,10-12,15-18H2,1-5H3,(H,33,36)(H,34,37)/t20-,24-,26-/m0/s1. The number of rotatable bonds is 8. The van der Waals surface area contributed by atoms with Gasteiger partial charge in [-0.3, -0.25) is 14.4 Å². The van der Waals surface area contributed by atoms with E-state index in [4.69, 9.17) is 0 Å². The molecular formula is C31H44N4O3S. The van der Waals surface area contributed by atoms with Crippen LogP contribution >= 0.6 is 11.3 Å². The van der Waals surface area contributed by atoms with Crippen LogP contribution in [0.2, 0.25) is 0 Å². The zero-order valence-corrected chi connectivity index (χ0v) is 24.8. The first-order chi connectivity index (χ1) is 18.6. The molecule has 3 atom stereocenters. The molecule has 2 fully saturated rings. The summed E-state index contributed by atoms with van der Waals surface area (Å²) in [4.78, 5) is 43.5. The first kappa shape index (κ1) is 29.3. The van der Waals surface area contributed by atoms with E-state index in [9.17, 15) is 14.4 Å². The van der Waals surface area contributed by atoms with Crippen LogP contribution in [0.15, 0.2) is 36.4 Å². The first-order valence-corrected chi connectivity index (χ1v) is 15.2. The smallest absolute Gasteiger partial charge is 0.247 e. The lowest BCUT2D eigenvalue weighted by molar-refractivity contribution is -0.142. The van der Waals surface area contributed by atoms with E-state index >= 15 is 0 Å². The Kier molecular flexibility index (Phi) is 9.49. The lowest BCUT2D eigenvalue weighted by Crippen LogP contribution is -2.57. The number of amides is 3. The number of benzene rings is 1. The second-order valence-corrected chi connectivity index (χ2v) is 13.1. The van der Waals surface area contributed by atoms with Crippen LogP contribution in [-0.4, -0.2) is 54.3 Å². The summed E-state index contributed by atoms with van der Waals surface area (Å²) in [6.07, 6.45) is 6.51. The molecule has 0 radical (unpaired) electrons. The highest BCUT2D eigenvalue weighted by atomic mass is 32.1.